The Labute approximate surface area is 120 Å². The first-order chi connectivity index (χ1) is 10.0. The molecule has 0 radical (unpaired) electrons. The lowest BCUT2D eigenvalue weighted by molar-refractivity contribution is 0.0602. The van der Waals surface area contributed by atoms with Crippen LogP contribution in [0.1, 0.15) is 26.3 Å². The fourth-order valence-corrected chi connectivity index (χ4v) is 1.75. The Bertz CT molecular complexity index is 684. The first-order valence-corrected chi connectivity index (χ1v) is 6.13. The van der Waals surface area contributed by atoms with Gasteiger partial charge in [-0.25, -0.2) is 9.78 Å². The van der Waals surface area contributed by atoms with Gasteiger partial charge in [0, 0.05) is 6.20 Å². The van der Waals surface area contributed by atoms with Gasteiger partial charge in [-0.3, -0.25) is 4.79 Å². The minimum atomic E-state index is -0.669. The molecule has 0 bridgehead atoms. The molecule has 2 aromatic rings. The van der Waals surface area contributed by atoms with Gasteiger partial charge < -0.3 is 10.1 Å². The smallest absolute Gasteiger partial charge is 0.339 e. The molecule has 0 unspecified atom stereocenters. The maximum Gasteiger partial charge on any atom is 0.339 e. The highest BCUT2D eigenvalue weighted by atomic mass is 19.1. The van der Waals surface area contributed by atoms with E-state index < -0.39 is 17.8 Å². The lowest BCUT2D eigenvalue weighted by Gasteiger charge is -2.10. The van der Waals surface area contributed by atoms with E-state index in [9.17, 15) is 14.0 Å². The predicted molar refractivity (Wildman–Crippen MR) is 74.7 cm³/mol. The predicted octanol–water partition coefficient (Wildman–Crippen LogP) is 2.57. The summed E-state index contributed by atoms with van der Waals surface area (Å²) in [6.45, 7) is 1.82. The topological polar surface area (TPSA) is 68.3 Å². The molecule has 0 saturated heterocycles. The van der Waals surface area contributed by atoms with Crippen molar-refractivity contribution in [1.29, 1.82) is 0 Å². The molecule has 0 aliphatic carbocycles. The molecule has 0 atom stereocenters. The normalized spacial score (nSPS) is 10.0. The van der Waals surface area contributed by atoms with Gasteiger partial charge in [0.2, 0.25) is 5.95 Å². The van der Waals surface area contributed by atoms with Crippen LogP contribution in [0.2, 0.25) is 0 Å². The van der Waals surface area contributed by atoms with Crippen LogP contribution in [-0.2, 0) is 4.74 Å². The van der Waals surface area contributed by atoms with Gasteiger partial charge >= 0.3 is 5.97 Å². The van der Waals surface area contributed by atoms with Crippen molar-refractivity contribution in [2.45, 2.75) is 6.92 Å². The summed E-state index contributed by atoms with van der Waals surface area (Å²) < 4.78 is 17.4. The maximum absolute atomic E-state index is 12.7. The highest BCUT2D eigenvalue weighted by molar-refractivity contribution is 6.07. The number of aromatic nitrogens is 1. The van der Waals surface area contributed by atoms with E-state index in [1.54, 1.807) is 18.2 Å². The zero-order chi connectivity index (χ0) is 15.4. The zero-order valence-electron chi connectivity index (χ0n) is 11.5. The van der Waals surface area contributed by atoms with Crippen molar-refractivity contribution in [3.8, 4) is 0 Å². The molecule has 108 valence electrons. The molecule has 1 aromatic carbocycles. The number of benzene rings is 1. The molecule has 21 heavy (non-hydrogen) atoms. The summed E-state index contributed by atoms with van der Waals surface area (Å²) in [5.41, 5.74) is 1.62. The SMILES string of the molecule is COC(=O)c1cc(C)ccc1NC(=O)c1ccc(F)nc1. The van der Waals surface area contributed by atoms with Crippen molar-refractivity contribution >= 4 is 17.6 Å². The molecule has 0 fully saturated rings. The Balaban J connectivity index is 2.28. The Morgan fingerprint density at radius 2 is 2.00 bits per heavy atom. The number of pyridine rings is 1. The summed E-state index contributed by atoms with van der Waals surface area (Å²) in [5.74, 6) is -1.71. The van der Waals surface area contributed by atoms with E-state index in [-0.39, 0.29) is 11.1 Å². The second kappa shape index (κ2) is 6.13. The number of amides is 1. The minimum absolute atomic E-state index is 0.188. The van der Waals surface area contributed by atoms with Gasteiger partial charge in [0.25, 0.3) is 5.91 Å². The quantitative estimate of drug-likeness (QED) is 0.696. The van der Waals surface area contributed by atoms with Crippen LogP contribution in [0.5, 0.6) is 0 Å². The zero-order valence-corrected chi connectivity index (χ0v) is 11.5. The van der Waals surface area contributed by atoms with E-state index >= 15 is 0 Å². The molecule has 2 rings (SSSR count). The van der Waals surface area contributed by atoms with Crippen molar-refractivity contribution in [1.82, 2.24) is 4.98 Å². The first kappa shape index (κ1) is 14.6. The number of hydrogen-bond donors (Lipinski definition) is 1. The molecule has 1 N–H and O–H groups in total. The fourth-order valence-electron chi connectivity index (χ4n) is 1.75. The third-order valence-corrected chi connectivity index (χ3v) is 2.82. The average Bonchev–Trinajstić information content (AvgIpc) is 2.48. The number of anilines is 1. The highest BCUT2D eigenvalue weighted by Gasteiger charge is 2.15. The van der Waals surface area contributed by atoms with Gasteiger partial charge in [0.15, 0.2) is 0 Å². The molecule has 5 nitrogen and oxygen atoms in total. The van der Waals surface area contributed by atoms with Crippen LogP contribution < -0.4 is 5.32 Å². The summed E-state index contributed by atoms with van der Waals surface area (Å²) in [7, 11) is 1.26. The molecular weight excluding hydrogens is 275 g/mol. The molecule has 6 heteroatoms. The third kappa shape index (κ3) is 3.42. The van der Waals surface area contributed by atoms with Gasteiger partial charge in [-0.15, -0.1) is 0 Å². The van der Waals surface area contributed by atoms with Crippen LogP contribution in [0.4, 0.5) is 10.1 Å². The number of ether oxygens (including phenoxy) is 1. The second-order valence-electron chi connectivity index (χ2n) is 4.36. The van der Waals surface area contributed by atoms with E-state index in [0.717, 1.165) is 17.8 Å². The molecule has 1 heterocycles. The molecule has 0 saturated carbocycles. The number of carbonyl (C=O) groups excluding carboxylic acids is 2. The summed E-state index contributed by atoms with van der Waals surface area (Å²) in [6.07, 6.45) is 1.12. The van der Waals surface area contributed by atoms with Gasteiger partial charge in [-0.05, 0) is 31.2 Å². The summed E-state index contributed by atoms with van der Waals surface area (Å²) >= 11 is 0. The van der Waals surface area contributed by atoms with Gasteiger partial charge in [-0.2, -0.15) is 4.39 Å². The summed E-state index contributed by atoms with van der Waals surface area (Å²) in [4.78, 5) is 27.2. The van der Waals surface area contributed by atoms with E-state index in [4.69, 9.17) is 0 Å². The number of methoxy groups -OCH3 is 1. The Hall–Kier alpha value is -2.76. The molecule has 0 spiro atoms. The van der Waals surface area contributed by atoms with E-state index in [0.29, 0.717) is 5.69 Å². The van der Waals surface area contributed by atoms with Crippen LogP contribution in [0, 0.1) is 12.9 Å². The van der Waals surface area contributed by atoms with Crippen LogP contribution in [-0.4, -0.2) is 24.0 Å². The largest absolute Gasteiger partial charge is 0.465 e. The van der Waals surface area contributed by atoms with Crippen molar-refractivity contribution in [2.24, 2.45) is 0 Å². The average molecular weight is 288 g/mol. The van der Waals surface area contributed by atoms with Gasteiger partial charge in [0.05, 0.1) is 23.9 Å². The number of aryl methyl sites for hydroxylation is 1. The Kier molecular flexibility index (Phi) is 4.27. The number of hydrogen-bond acceptors (Lipinski definition) is 4. The number of nitrogens with zero attached hydrogens (tertiary/aromatic N) is 1. The minimum Gasteiger partial charge on any atom is -0.465 e. The number of carbonyl (C=O) groups is 2. The van der Waals surface area contributed by atoms with Gasteiger partial charge in [-0.1, -0.05) is 11.6 Å². The Morgan fingerprint density at radius 3 is 2.62 bits per heavy atom. The molecule has 0 aliphatic heterocycles. The van der Waals surface area contributed by atoms with E-state index in [1.807, 2.05) is 6.92 Å². The summed E-state index contributed by atoms with van der Waals surface area (Å²) in [6, 6.07) is 7.38. The molecule has 1 amide bonds. The van der Waals surface area contributed by atoms with Crippen LogP contribution >= 0.6 is 0 Å². The molecule has 1 aromatic heterocycles. The third-order valence-electron chi connectivity index (χ3n) is 2.82. The summed E-state index contributed by atoms with van der Waals surface area (Å²) in [5, 5.41) is 2.59. The fraction of sp³-hybridized carbons (Fsp3) is 0.133. The highest BCUT2D eigenvalue weighted by Crippen LogP contribution is 2.19. The Morgan fingerprint density at radius 1 is 1.24 bits per heavy atom. The lowest BCUT2D eigenvalue weighted by atomic mass is 10.1. The van der Waals surface area contributed by atoms with Crippen molar-refractivity contribution in [3.63, 3.8) is 0 Å². The number of esters is 1. The van der Waals surface area contributed by atoms with E-state index in [2.05, 4.69) is 15.0 Å². The number of rotatable bonds is 3. The van der Waals surface area contributed by atoms with Crippen LogP contribution in [0.15, 0.2) is 36.5 Å². The van der Waals surface area contributed by atoms with E-state index in [1.165, 1.54) is 13.2 Å². The maximum atomic E-state index is 12.7. The van der Waals surface area contributed by atoms with Crippen LogP contribution in [0.3, 0.4) is 0 Å². The van der Waals surface area contributed by atoms with Gasteiger partial charge in [0.1, 0.15) is 0 Å². The number of nitrogens with one attached hydrogen (secondary N) is 1. The van der Waals surface area contributed by atoms with Crippen LogP contribution in [0.25, 0.3) is 0 Å². The lowest BCUT2D eigenvalue weighted by Crippen LogP contribution is -2.16. The molecule has 0 aliphatic rings. The number of halogens is 1. The van der Waals surface area contributed by atoms with Crippen molar-refractivity contribution in [3.05, 3.63) is 59.2 Å². The standard InChI is InChI=1S/C15H13FN2O3/c1-9-3-5-12(11(7-9)15(20)21-2)18-14(19)10-4-6-13(16)17-8-10/h3-8H,1-2H3,(H,18,19). The van der Waals surface area contributed by atoms with Crippen molar-refractivity contribution < 1.29 is 18.7 Å². The second-order valence-corrected chi connectivity index (χ2v) is 4.36. The monoisotopic (exact) mass is 288 g/mol. The first-order valence-electron chi connectivity index (χ1n) is 6.13. The van der Waals surface area contributed by atoms with Crippen molar-refractivity contribution in [2.75, 3.05) is 12.4 Å². The molecular formula is C15H13FN2O3.